The van der Waals surface area contributed by atoms with Gasteiger partial charge in [0.2, 0.25) is 0 Å². The van der Waals surface area contributed by atoms with E-state index in [-0.39, 0.29) is 5.69 Å². The quantitative estimate of drug-likeness (QED) is 0.465. The molecule has 8 nitrogen and oxygen atoms in total. The number of aromatic nitrogens is 1. The van der Waals surface area contributed by atoms with E-state index in [0.717, 1.165) is 6.20 Å². The minimum atomic E-state index is -1.25. The zero-order valence-corrected chi connectivity index (χ0v) is 9.77. The number of pyridine rings is 1. The van der Waals surface area contributed by atoms with Crippen molar-refractivity contribution in [1.82, 2.24) is 9.82 Å². The summed E-state index contributed by atoms with van der Waals surface area (Å²) in [6.07, 6.45) is 1.77. The molecule has 1 aromatic rings. The van der Waals surface area contributed by atoms with Crippen LogP contribution in [0.15, 0.2) is 18.3 Å². The molecular weight excluding hydrogens is 246 g/mol. The molecule has 17 heavy (non-hydrogen) atoms. The molecule has 1 heterocycles. The molecule has 0 aliphatic rings. The molecule has 9 heteroatoms. The van der Waals surface area contributed by atoms with Crippen LogP contribution in [0.2, 0.25) is 0 Å². The second-order valence-corrected chi connectivity index (χ2v) is 4.38. The number of hydrogen-bond acceptors (Lipinski definition) is 6. The Balaban J connectivity index is 2.42. The van der Waals surface area contributed by atoms with Crippen molar-refractivity contribution in [2.24, 2.45) is 5.73 Å². The predicted molar refractivity (Wildman–Crippen MR) is 64.3 cm³/mol. The van der Waals surface area contributed by atoms with E-state index in [1.54, 1.807) is 0 Å². The van der Waals surface area contributed by atoms with Crippen LogP contribution in [0.25, 0.3) is 0 Å². The van der Waals surface area contributed by atoms with Gasteiger partial charge in [-0.1, -0.05) is 0 Å². The van der Waals surface area contributed by atoms with Gasteiger partial charge in [-0.25, -0.2) is 9.19 Å². The fourth-order valence-electron chi connectivity index (χ4n) is 0.943. The van der Waals surface area contributed by atoms with Gasteiger partial charge in [0.15, 0.2) is 0 Å². The highest BCUT2D eigenvalue weighted by Gasteiger charge is 2.05. The maximum atomic E-state index is 11.3. The Hall–Kier alpha value is -1.58. The number of nitrogens with one attached hydrogen (secondary N) is 2. The zero-order valence-electron chi connectivity index (χ0n) is 8.96. The third-order valence-electron chi connectivity index (χ3n) is 1.79. The average molecular weight is 259 g/mol. The molecule has 0 fully saturated rings. The van der Waals surface area contributed by atoms with E-state index in [4.69, 9.17) is 5.73 Å². The number of anilines is 1. The van der Waals surface area contributed by atoms with E-state index in [9.17, 15) is 14.3 Å². The van der Waals surface area contributed by atoms with Crippen LogP contribution in [0.1, 0.15) is 6.42 Å². The van der Waals surface area contributed by atoms with Gasteiger partial charge in [-0.15, -0.1) is 0 Å². The normalized spacial score (nSPS) is 12.1. The highest BCUT2D eigenvalue weighted by atomic mass is 32.2. The van der Waals surface area contributed by atoms with E-state index in [1.807, 2.05) is 0 Å². The van der Waals surface area contributed by atoms with E-state index in [2.05, 4.69) is 15.2 Å². The molecule has 1 rings (SSSR count). The number of hydrogen-bond donors (Lipinski definition) is 3. The van der Waals surface area contributed by atoms with Gasteiger partial charge in [0.25, 0.3) is 5.69 Å². The van der Waals surface area contributed by atoms with Crippen LogP contribution in [-0.4, -0.2) is 26.4 Å². The Morgan fingerprint density at radius 3 is 2.82 bits per heavy atom. The first-order valence-corrected chi connectivity index (χ1v) is 6.16. The summed E-state index contributed by atoms with van der Waals surface area (Å²) < 4.78 is 11.3. The highest BCUT2D eigenvalue weighted by molar-refractivity contribution is 7.83. The van der Waals surface area contributed by atoms with Crippen LogP contribution < -0.4 is 16.0 Å². The molecule has 0 radical (unpaired) electrons. The average Bonchev–Trinajstić information content (AvgIpc) is 2.34. The molecule has 0 saturated heterocycles. The third kappa shape index (κ3) is 4.85. The third-order valence-corrected chi connectivity index (χ3v) is 2.77. The second kappa shape index (κ2) is 6.89. The van der Waals surface area contributed by atoms with Gasteiger partial charge < -0.3 is 5.73 Å². The van der Waals surface area contributed by atoms with Crippen molar-refractivity contribution in [3.05, 3.63) is 28.4 Å². The van der Waals surface area contributed by atoms with Gasteiger partial charge in [0.05, 0.1) is 4.92 Å². The summed E-state index contributed by atoms with van der Waals surface area (Å²) in [7, 11) is -1.25. The molecule has 0 spiro atoms. The van der Waals surface area contributed by atoms with E-state index in [0.29, 0.717) is 24.5 Å². The topological polar surface area (TPSA) is 123 Å². The lowest BCUT2D eigenvalue weighted by Gasteiger charge is -2.06. The Morgan fingerprint density at radius 1 is 1.53 bits per heavy atom. The first-order chi connectivity index (χ1) is 8.13. The number of nitro groups is 1. The molecule has 1 aromatic heterocycles. The van der Waals surface area contributed by atoms with Crippen LogP contribution in [0.5, 0.6) is 0 Å². The molecule has 0 aliphatic heterocycles. The number of rotatable bonds is 7. The van der Waals surface area contributed by atoms with Crippen LogP contribution in [-0.2, 0) is 11.0 Å². The molecule has 0 bridgehead atoms. The lowest BCUT2D eigenvalue weighted by molar-refractivity contribution is -0.385. The van der Waals surface area contributed by atoms with E-state index >= 15 is 0 Å². The summed E-state index contributed by atoms with van der Waals surface area (Å²) >= 11 is 0. The Labute approximate surface area is 100 Å². The molecule has 1 atom stereocenters. The fraction of sp³-hybridized carbons (Fsp3) is 0.375. The van der Waals surface area contributed by atoms with Crippen LogP contribution in [0, 0.1) is 10.1 Å². The van der Waals surface area contributed by atoms with Crippen molar-refractivity contribution in [2.75, 3.05) is 17.7 Å². The van der Waals surface area contributed by atoms with Gasteiger partial charge in [-0.2, -0.15) is 4.83 Å². The SMILES string of the molecule is NCCCS(=O)NNc1ccc([N+](=O)[O-])cn1. The molecule has 0 saturated carbocycles. The lowest BCUT2D eigenvalue weighted by Crippen LogP contribution is -2.27. The number of nitrogens with two attached hydrogens (primary N) is 1. The summed E-state index contributed by atoms with van der Waals surface area (Å²) in [5.74, 6) is 0.785. The van der Waals surface area contributed by atoms with Crippen molar-refractivity contribution in [1.29, 1.82) is 0 Å². The Kier molecular flexibility index (Phi) is 5.46. The largest absolute Gasteiger partial charge is 0.330 e. The van der Waals surface area contributed by atoms with Crippen LogP contribution in [0.3, 0.4) is 0 Å². The number of nitrogens with zero attached hydrogens (tertiary/aromatic N) is 2. The maximum absolute atomic E-state index is 11.3. The molecule has 1 unspecified atom stereocenters. The van der Waals surface area contributed by atoms with Gasteiger partial charge in [0, 0.05) is 11.8 Å². The predicted octanol–water partition coefficient (Wildman–Crippen LogP) is -0.0812. The standard InChI is InChI=1S/C8H13N5O3S/c9-4-1-5-17(16)12-11-8-3-2-7(6-10-8)13(14)15/h2-3,6,12H,1,4-5,9H2,(H,10,11). The fourth-order valence-corrected chi connectivity index (χ4v) is 1.69. The minimum absolute atomic E-state index is 0.0974. The van der Waals surface area contributed by atoms with Gasteiger partial charge in [0.1, 0.15) is 23.0 Å². The second-order valence-electron chi connectivity index (χ2n) is 3.08. The molecule has 0 aromatic carbocycles. The van der Waals surface area contributed by atoms with E-state index < -0.39 is 15.9 Å². The zero-order chi connectivity index (χ0) is 12.7. The summed E-state index contributed by atoms with van der Waals surface area (Å²) in [6, 6.07) is 2.73. The Morgan fingerprint density at radius 2 is 2.29 bits per heavy atom. The minimum Gasteiger partial charge on any atom is -0.330 e. The maximum Gasteiger partial charge on any atom is 0.287 e. The van der Waals surface area contributed by atoms with Crippen molar-refractivity contribution < 1.29 is 9.13 Å². The number of hydrazine groups is 1. The van der Waals surface area contributed by atoms with Crippen molar-refractivity contribution in [2.45, 2.75) is 6.42 Å². The molecular formula is C8H13N5O3S. The molecule has 94 valence electrons. The smallest absolute Gasteiger partial charge is 0.287 e. The van der Waals surface area contributed by atoms with Crippen molar-refractivity contribution in [3.63, 3.8) is 0 Å². The molecule has 4 N–H and O–H groups in total. The first kappa shape index (κ1) is 13.5. The Bertz CT molecular complexity index is 397. The van der Waals surface area contributed by atoms with Crippen molar-refractivity contribution >= 4 is 22.5 Å². The highest BCUT2D eigenvalue weighted by Crippen LogP contribution is 2.10. The van der Waals surface area contributed by atoms with Crippen LogP contribution in [0.4, 0.5) is 11.5 Å². The summed E-state index contributed by atoms with van der Waals surface area (Å²) in [5.41, 5.74) is 7.77. The van der Waals surface area contributed by atoms with Crippen LogP contribution >= 0.6 is 0 Å². The van der Waals surface area contributed by atoms with E-state index in [1.165, 1.54) is 12.1 Å². The monoisotopic (exact) mass is 259 g/mol. The summed E-state index contributed by atoms with van der Waals surface area (Å²) in [5, 5.41) is 10.4. The molecule has 0 aliphatic carbocycles. The first-order valence-electron chi connectivity index (χ1n) is 4.84. The summed E-state index contributed by atoms with van der Waals surface area (Å²) in [6.45, 7) is 0.475. The molecule has 0 amide bonds. The lowest BCUT2D eigenvalue weighted by atomic mass is 10.4. The summed E-state index contributed by atoms with van der Waals surface area (Å²) in [4.78, 5) is 16.1. The van der Waals surface area contributed by atoms with Gasteiger partial charge in [-0.05, 0) is 19.0 Å². The van der Waals surface area contributed by atoms with Gasteiger partial charge >= 0.3 is 0 Å². The van der Waals surface area contributed by atoms with Crippen molar-refractivity contribution in [3.8, 4) is 0 Å². The van der Waals surface area contributed by atoms with Gasteiger partial charge in [-0.3, -0.25) is 15.5 Å².